The number of morpholine rings is 1. The van der Waals surface area contributed by atoms with Gasteiger partial charge in [-0.25, -0.2) is 0 Å². The molecule has 104 valence electrons. The van der Waals surface area contributed by atoms with Gasteiger partial charge in [0.1, 0.15) is 0 Å². The summed E-state index contributed by atoms with van der Waals surface area (Å²) in [5.74, 6) is 0.784. The number of piperidine rings is 1. The maximum atomic E-state index is 12.2. The fourth-order valence-corrected chi connectivity index (χ4v) is 2.65. The van der Waals surface area contributed by atoms with Crippen LogP contribution >= 0.6 is 0 Å². The van der Waals surface area contributed by atoms with Gasteiger partial charge in [0, 0.05) is 25.7 Å². The molecule has 0 aromatic carbocycles. The normalized spacial score (nSPS) is 34.6. The first-order valence-electron chi connectivity index (χ1n) is 6.93. The maximum Gasteiger partial charge on any atom is 0.236 e. The van der Waals surface area contributed by atoms with E-state index in [4.69, 9.17) is 10.5 Å². The van der Waals surface area contributed by atoms with Gasteiger partial charge < -0.3 is 15.4 Å². The first-order valence-corrected chi connectivity index (χ1v) is 6.93. The molecule has 2 saturated heterocycles. The number of ether oxygens (including phenoxy) is 1. The van der Waals surface area contributed by atoms with Crippen LogP contribution in [-0.2, 0) is 9.53 Å². The van der Waals surface area contributed by atoms with Crippen molar-refractivity contribution in [2.75, 3.05) is 39.3 Å². The number of amides is 1. The highest BCUT2D eigenvalue weighted by Crippen LogP contribution is 2.15. The Kier molecular flexibility index (Phi) is 4.59. The van der Waals surface area contributed by atoms with Gasteiger partial charge in [0.2, 0.25) is 5.91 Å². The molecular formula is C13H25N3O2. The Morgan fingerprint density at radius 3 is 2.78 bits per heavy atom. The summed E-state index contributed by atoms with van der Waals surface area (Å²) in [6.45, 7) is 8.63. The van der Waals surface area contributed by atoms with Crippen molar-refractivity contribution in [3.05, 3.63) is 0 Å². The van der Waals surface area contributed by atoms with Crippen molar-refractivity contribution in [3.63, 3.8) is 0 Å². The zero-order valence-electron chi connectivity index (χ0n) is 11.5. The predicted octanol–water partition coefficient (Wildman–Crippen LogP) is -0.0972. The first kappa shape index (κ1) is 13.8. The summed E-state index contributed by atoms with van der Waals surface area (Å²) in [6, 6.07) is 0.204. The molecule has 0 aromatic heterocycles. The van der Waals surface area contributed by atoms with Crippen molar-refractivity contribution in [1.29, 1.82) is 0 Å². The Morgan fingerprint density at radius 2 is 2.11 bits per heavy atom. The fourth-order valence-electron chi connectivity index (χ4n) is 2.65. The van der Waals surface area contributed by atoms with Crippen LogP contribution in [0.25, 0.3) is 0 Å². The lowest BCUT2D eigenvalue weighted by Crippen LogP contribution is -2.53. The van der Waals surface area contributed by atoms with Crippen LogP contribution in [-0.4, -0.2) is 67.2 Å². The summed E-state index contributed by atoms with van der Waals surface area (Å²) in [4.78, 5) is 16.3. The second-order valence-corrected chi connectivity index (χ2v) is 5.69. The third kappa shape index (κ3) is 3.43. The maximum absolute atomic E-state index is 12.2. The summed E-state index contributed by atoms with van der Waals surface area (Å²) in [5, 5.41) is 0. The van der Waals surface area contributed by atoms with Crippen molar-refractivity contribution < 1.29 is 9.53 Å². The van der Waals surface area contributed by atoms with E-state index in [9.17, 15) is 4.79 Å². The molecule has 2 heterocycles. The van der Waals surface area contributed by atoms with Gasteiger partial charge in [-0.3, -0.25) is 9.69 Å². The molecule has 3 atom stereocenters. The van der Waals surface area contributed by atoms with E-state index < -0.39 is 0 Å². The Labute approximate surface area is 109 Å². The minimum Gasteiger partial charge on any atom is -0.375 e. The van der Waals surface area contributed by atoms with Gasteiger partial charge in [-0.2, -0.15) is 0 Å². The number of hydrogen-bond acceptors (Lipinski definition) is 4. The monoisotopic (exact) mass is 255 g/mol. The number of likely N-dealkylation sites (tertiary alicyclic amines) is 1. The Bertz CT molecular complexity index is 298. The third-order valence-electron chi connectivity index (χ3n) is 4.05. The van der Waals surface area contributed by atoms with Crippen LogP contribution < -0.4 is 5.73 Å². The summed E-state index contributed by atoms with van der Waals surface area (Å²) in [6.07, 6.45) is 1.25. The number of rotatable bonds is 2. The van der Waals surface area contributed by atoms with E-state index in [1.807, 2.05) is 11.8 Å². The zero-order chi connectivity index (χ0) is 13.1. The molecule has 3 unspecified atom stereocenters. The molecule has 0 saturated carbocycles. The minimum atomic E-state index is 0.159. The Morgan fingerprint density at radius 1 is 1.33 bits per heavy atom. The third-order valence-corrected chi connectivity index (χ3v) is 4.05. The molecule has 2 fully saturated rings. The summed E-state index contributed by atoms with van der Waals surface area (Å²) < 4.78 is 5.45. The molecule has 5 nitrogen and oxygen atoms in total. The predicted molar refractivity (Wildman–Crippen MR) is 70.2 cm³/mol. The molecule has 2 aliphatic heterocycles. The van der Waals surface area contributed by atoms with Gasteiger partial charge in [-0.05, 0) is 25.8 Å². The van der Waals surface area contributed by atoms with E-state index in [1.54, 1.807) is 0 Å². The highest BCUT2D eigenvalue weighted by atomic mass is 16.5. The van der Waals surface area contributed by atoms with Crippen molar-refractivity contribution >= 4 is 5.91 Å². The SMILES string of the molecule is CC1CN(C(=O)CN2CCC(C)C(N)C2)CCO1. The van der Waals surface area contributed by atoms with Crippen LogP contribution in [0.2, 0.25) is 0 Å². The number of hydrogen-bond donors (Lipinski definition) is 1. The second kappa shape index (κ2) is 5.99. The topological polar surface area (TPSA) is 58.8 Å². The van der Waals surface area contributed by atoms with Crippen molar-refractivity contribution in [3.8, 4) is 0 Å². The van der Waals surface area contributed by atoms with Crippen molar-refractivity contribution in [2.24, 2.45) is 11.7 Å². The summed E-state index contributed by atoms with van der Waals surface area (Å²) in [7, 11) is 0. The fraction of sp³-hybridized carbons (Fsp3) is 0.923. The molecule has 0 aromatic rings. The summed E-state index contributed by atoms with van der Waals surface area (Å²) in [5.41, 5.74) is 6.06. The largest absolute Gasteiger partial charge is 0.375 e. The number of carbonyl (C=O) groups is 1. The van der Waals surface area contributed by atoms with Crippen molar-refractivity contribution in [1.82, 2.24) is 9.80 Å². The Hall–Kier alpha value is -0.650. The molecule has 18 heavy (non-hydrogen) atoms. The molecule has 0 aliphatic carbocycles. The highest BCUT2D eigenvalue weighted by Gasteiger charge is 2.27. The van der Waals surface area contributed by atoms with E-state index in [2.05, 4.69) is 11.8 Å². The van der Waals surface area contributed by atoms with E-state index in [1.165, 1.54) is 0 Å². The van der Waals surface area contributed by atoms with Gasteiger partial charge in [-0.1, -0.05) is 6.92 Å². The lowest BCUT2D eigenvalue weighted by Gasteiger charge is -2.37. The summed E-state index contributed by atoms with van der Waals surface area (Å²) >= 11 is 0. The van der Waals surface area contributed by atoms with Gasteiger partial charge in [0.25, 0.3) is 0 Å². The molecule has 5 heteroatoms. The molecular weight excluding hydrogens is 230 g/mol. The van der Waals surface area contributed by atoms with Gasteiger partial charge >= 0.3 is 0 Å². The number of carbonyl (C=O) groups excluding carboxylic acids is 1. The smallest absolute Gasteiger partial charge is 0.236 e. The number of nitrogens with two attached hydrogens (primary N) is 1. The molecule has 1 amide bonds. The highest BCUT2D eigenvalue weighted by molar-refractivity contribution is 5.78. The van der Waals surface area contributed by atoms with Crippen LogP contribution in [0.1, 0.15) is 20.3 Å². The average Bonchev–Trinajstić information content (AvgIpc) is 2.34. The van der Waals surface area contributed by atoms with Gasteiger partial charge in [0.15, 0.2) is 0 Å². The van der Waals surface area contributed by atoms with Crippen LogP contribution in [0.15, 0.2) is 0 Å². The van der Waals surface area contributed by atoms with Crippen LogP contribution in [0.5, 0.6) is 0 Å². The van der Waals surface area contributed by atoms with Gasteiger partial charge in [0.05, 0.1) is 19.3 Å². The van der Waals surface area contributed by atoms with E-state index in [0.29, 0.717) is 19.1 Å². The van der Waals surface area contributed by atoms with Crippen LogP contribution in [0.4, 0.5) is 0 Å². The minimum absolute atomic E-state index is 0.159. The zero-order valence-corrected chi connectivity index (χ0v) is 11.5. The quantitative estimate of drug-likeness (QED) is 0.749. The standard InChI is InChI=1S/C13H25N3O2/c1-10-3-4-15(8-12(10)14)9-13(17)16-5-6-18-11(2)7-16/h10-12H,3-9,14H2,1-2H3. The first-order chi connectivity index (χ1) is 8.56. The van der Waals surface area contributed by atoms with Crippen LogP contribution in [0, 0.1) is 5.92 Å². The number of nitrogens with zero attached hydrogens (tertiary/aromatic N) is 2. The van der Waals surface area contributed by atoms with Gasteiger partial charge in [-0.15, -0.1) is 0 Å². The molecule has 0 bridgehead atoms. The molecule has 0 radical (unpaired) electrons. The van der Waals surface area contributed by atoms with E-state index in [0.717, 1.165) is 32.6 Å². The van der Waals surface area contributed by atoms with Crippen molar-refractivity contribution in [2.45, 2.75) is 32.4 Å². The van der Waals surface area contributed by atoms with E-state index >= 15 is 0 Å². The lowest BCUT2D eigenvalue weighted by atomic mass is 9.94. The molecule has 2 rings (SSSR count). The van der Waals surface area contributed by atoms with Crippen LogP contribution in [0.3, 0.4) is 0 Å². The average molecular weight is 255 g/mol. The molecule has 2 aliphatic rings. The molecule has 0 spiro atoms. The Balaban J connectivity index is 1.80. The van der Waals surface area contributed by atoms with E-state index in [-0.39, 0.29) is 18.1 Å². The molecule has 2 N–H and O–H groups in total. The lowest BCUT2D eigenvalue weighted by molar-refractivity contribution is -0.139. The second-order valence-electron chi connectivity index (χ2n) is 5.69.